The van der Waals surface area contributed by atoms with Gasteiger partial charge in [-0.25, -0.2) is 4.79 Å². The summed E-state index contributed by atoms with van der Waals surface area (Å²) < 4.78 is 18.9. The smallest absolute Gasteiger partial charge is 0.333 e. The third-order valence-corrected chi connectivity index (χ3v) is 5.62. The van der Waals surface area contributed by atoms with Crippen LogP contribution in [0.15, 0.2) is 12.2 Å². The number of methoxy groups -OCH3 is 4. The lowest BCUT2D eigenvalue weighted by atomic mass is 9.69. The maximum absolute atomic E-state index is 12.2. The van der Waals surface area contributed by atoms with Crippen LogP contribution in [0.3, 0.4) is 0 Å². The van der Waals surface area contributed by atoms with Gasteiger partial charge in [-0.05, 0) is 53.4 Å². The van der Waals surface area contributed by atoms with E-state index in [0.717, 1.165) is 6.42 Å². The fraction of sp³-hybridized carbons (Fsp3) is 0.739. The summed E-state index contributed by atoms with van der Waals surface area (Å²) in [7, 11) is 5.23. The summed E-state index contributed by atoms with van der Waals surface area (Å²) in [6.07, 6.45) is 1.52. The summed E-state index contributed by atoms with van der Waals surface area (Å²) in [4.78, 5) is 46.7. The Labute approximate surface area is 186 Å². The van der Waals surface area contributed by atoms with Crippen molar-refractivity contribution < 1.29 is 38.1 Å². The van der Waals surface area contributed by atoms with Gasteiger partial charge in [0, 0.05) is 5.57 Å². The average molecular weight is 445 g/mol. The van der Waals surface area contributed by atoms with Crippen LogP contribution in [0.4, 0.5) is 0 Å². The van der Waals surface area contributed by atoms with E-state index in [1.54, 1.807) is 13.8 Å². The molecule has 180 valence electrons. The molecule has 0 rings (SSSR count). The number of hydrogen-bond donors (Lipinski definition) is 0. The fourth-order valence-electron chi connectivity index (χ4n) is 3.01. The molecular formula is C23H40O8. The van der Waals surface area contributed by atoms with Crippen LogP contribution in [0.1, 0.15) is 67.2 Å². The zero-order chi connectivity index (χ0) is 25.0. The Morgan fingerprint density at radius 1 is 0.677 bits per heavy atom. The van der Waals surface area contributed by atoms with Gasteiger partial charge in [-0.15, -0.1) is 0 Å². The molecule has 0 aromatic carbocycles. The zero-order valence-corrected chi connectivity index (χ0v) is 20.8. The van der Waals surface area contributed by atoms with Crippen molar-refractivity contribution in [3.63, 3.8) is 0 Å². The number of carbonyl (C=O) groups excluding carboxylic acids is 4. The molecule has 0 aliphatic heterocycles. The lowest BCUT2D eigenvalue weighted by molar-refractivity contribution is -0.161. The summed E-state index contributed by atoms with van der Waals surface area (Å²) in [5.41, 5.74) is -2.11. The minimum Gasteiger partial charge on any atom is -0.469 e. The second-order valence-corrected chi connectivity index (χ2v) is 8.64. The number of hydrogen-bond acceptors (Lipinski definition) is 8. The quantitative estimate of drug-likeness (QED) is 0.284. The van der Waals surface area contributed by atoms with Crippen LogP contribution < -0.4 is 0 Å². The lowest BCUT2D eigenvalue weighted by Gasteiger charge is -2.35. The highest BCUT2D eigenvalue weighted by Gasteiger charge is 2.46. The number of rotatable bonds is 10. The van der Waals surface area contributed by atoms with Crippen LogP contribution in [0, 0.1) is 16.2 Å². The van der Waals surface area contributed by atoms with E-state index < -0.39 is 28.7 Å². The van der Waals surface area contributed by atoms with E-state index in [2.05, 4.69) is 16.1 Å². The molecule has 0 amide bonds. The van der Waals surface area contributed by atoms with Crippen molar-refractivity contribution in [2.75, 3.05) is 28.4 Å². The molecule has 0 heterocycles. The maximum Gasteiger partial charge on any atom is 0.333 e. The Kier molecular flexibility index (Phi) is 13.0. The van der Waals surface area contributed by atoms with Gasteiger partial charge in [0.25, 0.3) is 0 Å². The molecule has 2 atom stereocenters. The van der Waals surface area contributed by atoms with E-state index >= 15 is 0 Å². The minimum atomic E-state index is -1.08. The third kappa shape index (κ3) is 9.11. The molecule has 8 heteroatoms. The van der Waals surface area contributed by atoms with Crippen LogP contribution in [0.5, 0.6) is 0 Å². The third-order valence-electron chi connectivity index (χ3n) is 5.62. The van der Waals surface area contributed by atoms with Gasteiger partial charge >= 0.3 is 23.9 Å². The Morgan fingerprint density at radius 3 is 1.39 bits per heavy atom. The molecule has 0 aliphatic rings. The largest absolute Gasteiger partial charge is 0.469 e. The van der Waals surface area contributed by atoms with Crippen molar-refractivity contribution in [2.24, 2.45) is 16.2 Å². The minimum absolute atomic E-state index is 0.0406. The van der Waals surface area contributed by atoms with Gasteiger partial charge in [-0.2, -0.15) is 0 Å². The lowest BCUT2D eigenvalue weighted by Crippen LogP contribution is -2.40. The summed E-state index contributed by atoms with van der Waals surface area (Å²) in [5, 5.41) is 0. The molecule has 0 bridgehead atoms. The van der Waals surface area contributed by atoms with E-state index in [9.17, 15) is 19.2 Å². The van der Waals surface area contributed by atoms with Crippen molar-refractivity contribution in [2.45, 2.75) is 67.2 Å². The molecular weight excluding hydrogens is 404 g/mol. The summed E-state index contributed by atoms with van der Waals surface area (Å²) >= 11 is 0. The van der Waals surface area contributed by atoms with E-state index in [-0.39, 0.29) is 29.8 Å². The van der Waals surface area contributed by atoms with Crippen molar-refractivity contribution in [3.05, 3.63) is 12.2 Å². The highest BCUT2D eigenvalue weighted by molar-refractivity contribution is 5.89. The topological polar surface area (TPSA) is 105 Å². The fourth-order valence-corrected chi connectivity index (χ4v) is 3.01. The molecule has 31 heavy (non-hydrogen) atoms. The monoisotopic (exact) mass is 444 g/mol. The van der Waals surface area contributed by atoms with E-state index in [1.807, 2.05) is 27.7 Å². The molecule has 0 saturated heterocycles. The van der Waals surface area contributed by atoms with Crippen molar-refractivity contribution in [1.82, 2.24) is 0 Å². The molecule has 2 unspecified atom stereocenters. The van der Waals surface area contributed by atoms with Crippen LogP contribution in [0.25, 0.3) is 0 Å². The molecule has 0 N–H and O–H groups in total. The summed E-state index contributed by atoms with van der Waals surface area (Å²) in [6.45, 7) is 14.6. The summed E-state index contributed by atoms with van der Waals surface area (Å²) in [6, 6.07) is 0. The SMILES string of the molecule is C=C(CC(C)(CC(C)(CC)C(=O)OC)C(=O)OC)C(=O)OC.CCC(C)(C)C(=O)OC. The highest BCUT2D eigenvalue weighted by Crippen LogP contribution is 2.42. The highest BCUT2D eigenvalue weighted by atomic mass is 16.5. The van der Waals surface area contributed by atoms with E-state index in [1.165, 1.54) is 28.4 Å². The molecule has 0 aromatic heterocycles. The van der Waals surface area contributed by atoms with E-state index in [0.29, 0.717) is 6.42 Å². The normalized spacial score (nSPS) is 14.5. The molecule has 0 aromatic rings. The maximum atomic E-state index is 12.2. The predicted molar refractivity (Wildman–Crippen MR) is 117 cm³/mol. The van der Waals surface area contributed by atoms with E-state index in [4.69, 9.17) is 9.47 Å². The van der Waals surface area contributed by atoms with Crippen molar-refractivity contribution in [3.8, 4) is 0 Å². The average Bonchev–Trinajstić information content (AvgIpc) is 2.76. The molecule has 0 radical (unpaired) electrons. The second kappa shape index (κ2) is 13.1. The Hall–Kier alpha value is -2.38. The van der Waals surface area contributed by atoms with Crippen molar-refractivity contribution >= 4 is 23.9 Å². The van der Waals surface area contributed by atoms with Crippen LogP contribution in [-0.4, -0.2) is 52.3 Å². The van der Waals surface area contributed by atoms with Crippen LogP contribution in [-0.2, 0) is 38.1 Å². The van der Waals surface area contributed by atoms with Gasteiger partial charge in [-0.3, -0.25) is 14.4 Å². The first kappa shape index (κ1) is 30.8. The van der Waals surface area contributed by atoms with Gasteiger partial charge in [0.05, 0.1) is 44.7 Å². The van der Waals surface area contributed by atoms with Gasteiger partial charge in [-0.1, -0.05) is 20.4 Å². The van der Waals surface area contributed by atoms with Crippen LogP contribution in [0.2, 0.25) is 0 Å². The molecule has 0 aliphatic carbocycles. The van der Waals surface area contributed by atoms with Gasteiger partial charge in [0.1, 0.15) is 0 Å². The van der Waals surface area contributed by atoms with Gasteiger partial charge < -0.3 is 18.9 Å². The Balaban J connectivity index is 0. The summed E-state index contributed by atoms with van der Waals surface area (Å²) in [5.74, 6) is -1.65. The first-order valence-electron chi connectivity index (χ1n) is 10.2. The molecule has 0 spiro atoms. The number of esters is 4. The molecule has 0 saturated carbocycles. The zero-order valence-electron chi connectivity index (χ0n) is 20.8. The number of carbonyl (C=O) groups is 4. The molecule has 8 nitrogen and oxygen atoms in total. The molecule has 0 fully saturated rings. The van der Waals surface area contributed by atoms with Crippen molar-refractivity contribution in [1.29, 1.82) is 0 Å². The Bertz CT molecular complexity index is 652. The van der Waals surface area contributed by atoms with Gasteiger partial charge in [0.2, 0.25) is 0 Å². The van der Waals surface area contributed by atoms with Gasteiger partial charge in [0.15, 0.2) is 0 Å². The number of ether oxygens (including phenoxy) is 4. The Morgan fingerprint density at radius 2 is 1.10 bits per heavy atom. The first-order chi connectivity index (χ1) is 14.1. The predicted octanol–water partition coefficient (Wildman–Crippen LogP) is 3.86. The van der Waals surface area contributed by atoms with Crippen LogP contribution >= 0.6 is 0 Å². The first-order valence-corrected chi connectivity index (χ1v) is 10.2. The standard InChI is InChI=1S/C16H26O6.C7H14O2/c1-8-15(3,13(18)21-6)10-16(4,14(19)22-7)9-11(2)12(17)20-5;1-5-7(2,3)6(8)9-4/h2,8-10H2,1,3-7H3;5H2,1-4H3. The second-order valence-electron chi connectivity index (χ2n) is 8.64.